The minimum Gasteiger partial charge on any atom is -0.310 e. The molecule has 0 bridgehead atoms. The zero-order valence-electron chi connectivity index (χ0n) is 19.9. The maximum atomic E-state index is 2.38. The molecule has 8 rings (SSSR count). The van der Waals surface area contributed by atoms with Crippen LogP contribution >= 0.6 is 22.7 Å². The van der Waals surface area contributed by atoms with Crippen molar-refractivity contribution < 1.29 is 0 Å². The van der Waals surface area contributed by atoms with Gasteiger partial charge in [0.05, 0.1) is 0 Å². The molecule has 37 heavy (non-hydrogen) atoms. The van der Waals surface area contributed by atoms with Crippen molar-refractivity contribution in [1.82, 2.24) is 0 Å². The van der Waals surface area contributed by atoms with E-state index in [0.29, 0.717) is 0 Å². The van der Waals surface area contributed by atoms with Gasteiger partial charge in [-0.15, -0.1) is 22.7 Å². The van der Waals surface area contributed by atoms with Gasteiger partial charge in [-0.1, -0.05) is 60.7 Å². The second-order valence-electron chi connectivity index (χ2n) is 9.43. The number of benzene rings is 6. The van der Waals surface area contributed by atoms with Crippen molar-refractivity contribution in [2.75, 3.05) is 4.90 Å². The van der Waals surface area contributed by atoms with Gasteiger partial charge in [-0.05, 0) is 77.5 Å². The van der Waals surface area contributed by atoms with Gasteiger partial charge in [-0.25, -0.2) is 0 Å². The van der Waals surface area contributed by atoms with Gasteiger partial charge in [0.25, 0.3) is 0 Å². The van der Waals surface area contributed by atoms with Gasteiger partial charge in [0.2, 0.25) is 0 Å². The lowest BCUT2D eigenvalue weighted by Gasteiger charge is -2.26. The topological polar surface area (TPSA) is 3.24 Å². The smallest absolute Gasteiger partial charge is 0.0468 e. The molecule has 0 N–H and O–H groups in total. The van der Waals surface area contributed by atoms with Gasteiger partial charge < -0.3 is 4.90 Å². The van der Waals surface area contributed by atoms with Crippen molar-refractivity contribution in [2.24, 2.45) is 0 Å². The molecule has 174 valence electrons. The average Bonchev–Trinajstić information content (AvgIpc) is 3.50. The van der Waals surface area contributed by atoms with Crippen LogP contribution in [0.25, 0.3) is 51.1 Å². The lowest BCUT2D eigenvalue weighted by atomic mass is 10.0. The number of thiophene rings is 2. The van der Waals surface area contributed by atoms with E-state index in [1.54, 1.807) is 0 Å². The van der Waals surface area contributed by atoms with E-state index in [-0.39, 0.29) is 0 Å². The molecule has 0 aliphatic rings. The van der Waals surface area contributed by atoms with E-state index in [4.69, 9.17) is 0 Å². The Morgan fingerprint density at radius 3 is 1.73 bits per heavy atom. The maximum absolute atomic E-state index is 2.38. The Morgan fingerprint density at radius 1 is 0.351 bits per heavy atom. The summed E-state index contributed by atoms with van der Waals surface area (Å²) in [7, 11) is 0. The molecule has 6 aromatic carbocycles. The Kier molecular flexibility index (Phi) is 4.63. The van der Waals surface area contributed by atoms with Gasteiger partial charge in [0.1, 0.15) is 0 Å². The Hall–Kier alpha value is -4.18. The largest absolute Gasteiger partial charge is 0.310 e. The molecule has 0 aliphatic carbocycles. The normalized spacial score (nSPS) is 11.8. The summed E-state index contributed by atoms with van der Waals surface area (Å²) in [6.07, 6.45) is 0. The first-order valence-corrected chi connectivity index (χ1v) is 14.1. The average molecular weight is 508 g/mol. The Balaban J connectivity index is 1.35. The molecular formula is C34H21NS2. The second kappa shape index (κ2) is 8.17. The third-order valence-corrected chi connectivity index (χ3v) is 9.50. The number of nitrogens with zero attached hydrogens (tertiary/aromatic N) is 1. The van der Waals surface area contributed by atoms with Crippen molar-refractivity contribution in [3.63, 3.8) is 0 Å². The van der Waals surface area contributed by atoms with E-state index in [0.717, 1.165) is 11.4 Å². The molecule has 0 fully saturated rings. The lowest BCUT2D eigenvalue weighted by Crippen LogP contribution is -2.09. The molecule has 0 atom stereocenters. The molecule has 1 nitrogen and oxygen atoms in total. The summed E-state index contributed by atoms with van der Waals surface area (Å²) in [6, 6.07) is 46.6. The van der Waals surface area contributed by atoms with E-state index >= 15 is 0 Å². The highest BCUT2D eigenvalue weighted by atomic mass is 32.1. The summed E-state index contributed by atoms with van der Waals surface area (Å²) in [4.78, 5) is 2.38. The zero-order chi connectivity index (χ0) is 24.3. The number of anilines is 3. The molecule has 0 saturated carbocycles. The molecule has 8 aromatic rings. The second-order valence-corrected chi connectivity index (χ2v) is 11.6. The van der Waals surface area contributed by atoms with Crippen LogP contribution in [0.2, 0.25) is 0 Å². The summed E-state index contributed by atoms with van der Waals surface area (Å²) < 4.78 is 5.34. The van der Waals surface area contributed by atoms with Crippen molar-refractivity contribution in [3.8, 4) is 0 Å². The summed E-state index contributed by atoms with van der Waals surface area (Å²) >= 11 is 3.73. The number of hydrogen-bond acceptors (Lipinski definition) is 3. The van der Waals surface area contributed by atoms with E-state index < -0.39 is 0 Å². The Morgan fingerprint density at radius 2 is 0.946 bits per heavy atom. The monoisotopic (exact) mass is 507 g/mol. The molecule has 0 spiro atoms. The predicted molar refractivity (Wildman–Crippen MR) is 164 cm³/mol. The molecular weight excluding hydrogens is 487 g/mol. The lowest BCUT2D eigenvalue weighted by molar-refractivity contribution is 1.30. The fraction of sp³-hybridized carbons (Fsp3) is 0. The molecule has 0 unspecified atom stereocenters. The Labute approximate surface area is 222 Å². The number of fused-ring (bicyclic) bond motifs is 7. The minimum atomic E-state index is 1.16. The van der Waals surface area contributed by atoms with Crippen molar-refractivity contribution in [2.45, 2.75) is 0 Å². The van der Waals surface area contributed by atoms with Crippen LogP contribution in [-0.4, -0.2) is 0 Å². The molecule has 3 heteroatoms. The summed E-state index contributed by atoms with van der Waals surface area (Å²) in [5.41, 5.74) is 3.49. The van der Waals surface area contributed by atoms with Crippen LogP contribution in [0.15, 0.2) is 127 Å². The summed E-state index contributed by atoms with van der Waals surface area (Å²) in [5.74, 6) is 0. The first-order chi connectivity index (χ1) is 18.3. The van der Waals surface area contributed by atoms with Crippen molar-refractivity contribution in [3.05, 3.63) is 127 Å². The highest BCUT2D eigenvalue weighted by Gasteiger charge is 2.15. The van der Waals surface area contributed by atoms with Gasteiger partial charge in [-0.3, -0.25) is 0 Å². The predicted octanol–water partition coefficient (Wildman–Crippen LogP) is 11.0. The van der Waals surface area contributed by atoms with Gasteiger partial charge >= 0.3 is 0 Å². The fourth-order valence-corrected chi connectivity index (χ4v) is 7.69. The summed E-state index contributed by atoms with van der Waals surface area (Å²) in [5, 5.41) is 7.84. The first-order valence-electron chi connectivity index (χ1n) is 12.4. The molecule has 0 saturated heterocycles. The number of hydrogen-bond donors (Lipinski definition) is 0. The third kappa shape index (κ3) is 3.36. The maximum Gasteiger partial charge on any atom is 0.0468 e. The number of rotatable bonds is 3. The van der Waals surface area contributed by atoms with Crippen LogP contribution in [-0.2, 0) is 0 Å². The van der Waals surface area contributed by atoms with Crippen LogP contribution in [0, 0.1) is 0 Å². The van der Waals surface area contributed by atoms with Crippen LogP contribution < -0.4 is 4.90 Å². The third-order valence-electron chi connectivity index (χ3n) is 7.21. The van der Waals surface area contributed by atoms with E-state index in [1.807, 2.05) is 22.7 Å². The molecule has 0 radical (unpaired) electrons. The molecule has 2 heterocycles. The Bertz CT molecular complexity index is 2100. The first kappa shape index (κ1) is 21.0. The van der Waals surface area contributed by atoms with Crippen LogP contribution in [0.3, 0.4) is 0 Å². The van der Waals surface area contributed by atoms with Crippen molar-refractivity contribution >= 4 is 90.9 Å². The van der Waals surface area contributed by atoms with Crippen molar-refractivity contribution in [1.29, 1.82) is 0 Å². The van der Waals surface area contributed by atoms with Gasteiger partial charge in [0, 0.05) is 57.4 Å². The van der Waals surface area contributed by atoms with Crippen LogP contribution in [0.4, 0.5) is 17.1 Å². The quantitative estimate of drug-likeness (QED) is 0.230. The molecule has 0 aliphatic heterocycles. The minimum absolute atomic E-state index is 1.16. The van der Waals surface area contributed by atoms with E-state index in [2.05, 4.69) is 132 Å². The van der Waals surface area contributed by atoms with Gasteiger partial charge in [0.15, 0.2) is 0 Å². The SMILES string of the molecule is c1ccc(N(c2ccc3cc4sc5ccccc5c4cc3c2)c2ccc3sc4ccccc4c3c2)cc1. The van der Waals surface area contributed by atoms with Crippen LogP contribution in [0.1, 0.15) is 0 Å². The van der Waals surface area contributed by atoms with Gasteiger partial charge in [-0.2, -0.15) is 0 Å². The van der Waals surface area contributed by atoms with Crippen LogP contribution in [0.5, 0.6) is 0 Å². The summed E-state index contributed by atoms with van der Waals surface area (Å²) in [6.45, 7) is 0. The molecule has 0 amide bonds. The fourth-order valence-electron chi connectivity index (χ4n) is 5.47. The highest BCUT2D eigenvalue weighted by Crippen LogP contribution is 2.42. The highest BCUT2D eigenvalue weighted by molar-refractivity contribution is 7.26. The zero-order valence-corrected chi connectivity index (χ0v) is 21.5. The molecule has 2 aromatic heterocycles. The van der Waals surface area contributed by atoms with E-state index in [9.17, 15) is 0 Å². The number of para-hydroxylation sites is 1. The van der Waals surface area contributed by atoms with E-state index in [1.165, 1.54) is 56.8 Å². The standard InChI is InChI=1S/C34H21NS2/c1-2-8-24(9-3-1)35(26-16-17-33-30(21-26)28-11-5-6-12-31(28)36-33)25-15-14-22-20-34-29(19-23(22)18-25)27-10-4-7-13-32(27)37-34/h1-21H.